The van der Waals surface area contributed by atoms with Crippen molar-refractivity contribution in [3.8, 4) is 0 Å². The first kappa shape index (κ1) is 16.9. The van der Waals surface area contributed by atoms with Crippen molar-refractivity contribution in [2.45, 2.75) is 0 Å². The second-order valence-electron chi connectivity index (χ2n) is 4.10. The number of amides is 1. The Morgan fingerprint density at radius 3 is 2.71 bits per heavy atom. The average molecular weight is 297 g/mol. The summed E-state index contributed by atoms with van der Waals surface area (Å²) < 4.78 is 10.0. The minimum Gasteiger partial charge on any atom is -0.383 e. The van der Waals surface area contributed by atoms with Crippen LogP contribution in [-0.4, -0.2) is 51.4 Å². The van der Waals surface area contributed by atoms with Gasteiger partial charge >= 0.3 is 0 Å². The van der Waals surface area contributed by atoms with Crippen LogP contribution in [0.25, 0.3) is 0 Å². The summed E-state index contributed by atoms with van der Waals surface area (Å²) in [5, 5.41) is 16.3. The molecule has 8 nitrogen and oxygen atoms in total. The molecule has 1 amide bonds. The van der Waals surface area contributed by atoms with E-state index in [4.69, 9.17) is 9.47 Å². The number of hydrogen-bond acceptors (Lipinski definition) is 6. The first-order valence-electron chi connectivity index (χ1n) is 6.41. The molecule has 0 saturated carbocycles. The van der Waals surface area contributed by atoms with Gasteiger partial charge in [-0.25, -0.2) is 0 Å². The Bertz CT molecular complexity index is 493. The maximum atomic E-state index is 11.9. The van der Waals surface area contributed by atoms with Crippen LogP contribution in [0.3, 0.4) is 0 Å². The Morgan fingerprint density at radius 1 is 1.33 bits per heavy atom. The normalized spacial score (nSPS) is 10.2. The molecule has 21 heavy (non-hydrogen) atoms. The van der Waals surface area contributed by atoms with Crippen LogP contribution in [0.5, 0.6) is 0 Å². The first-order chi connectivity index (χ1) is 10.1. The van der Waals surface area contributed by atoms with E-state index >= 15 is 0 Å². The van der Waals surface area contributed by atoms with Crippen molar-refractivity contribution >= 4 is 17.3 Å². The smallest absolute Gasteiger partial charge is 0.293 e. The van der Waals surface area contributed by atoms with Crippen LogP contribution in [0, 0.1) is 10.1 Å². The predicted molar refractivity (Wildman–Crippen MR) is 77.7 cm³/mol. The summed E-state index contributed by atoms with van der Waals surface area (Å²) in [7, 11) is 3.16. The summed E-state index contributed by atoms with van der Waals surface area (Å²) in [5.41, 5.74) is 0.457. The fourth-order valence-electron chi connectivity index (χ4n) is 1.62. The first-order valence-corrected chi connectivity index (χ1v) is 6.41. The molecule has 0 aliphatic carbocycles. The second kappa shape index (κ2) is 8.88. The molecule has 0 aliphatic heterocycles. The third kappa shape index (κ3) is 5.36. The highest BCUT2D eigenvalue weighted by atomic mass is 16.6. The maximum absolute atomic E-state index is 11.9. The van der Waals surface area contributed by atoms with Gasteiger partial charge in [-0.2, -0.15) is 0 Å². The zero-order valence-corrected chi connectivity index (χ0v) is 12.0. The molecule has 0 aliphatic rings. The third-order valence-electron chi connectivity index (χ3n) is 2.69. The molecule has 0 heterocycles. The van der Waals surface area contributed by atoms with Gasteiger partial charge in [0.05, 0.1) is 24.7 Å². The molecule has 0 radical (unpaired) electrons. The lowest BCUT2D eigenvalue weighted by Crippen LogP contribution is -2.27. The predicted octanol–water partition coefficient (Wildman–Crippen LogP) is 1.03. The number of nitrogens with one attached hydrogen (secondary N) is 2. The fraction of sp³-hybridized carbons (Fsp3) is 0.462. The highest BCUT2D eigenvalue weighted by molar-refractivity contribution is 5.95. The number of carbonyl (C=O) groups is 1. The molecule has 8 heteroatoms. The minimum absolute atomic E-state index is 0.138. The van der Waals surface area contributed by atoms with Crippen molar-refractivity contribution in [1.29, 1.82) is 0 Å². The molecule has 1 rings (SSSR count). The number of nitro groups is 1. The molecule has 1 aromatic rings. The Morgan fingerprint density at radius 2 is 2.10 bits per heavy atom. The maximum Gasteiger partial charge on any atom is 0.293 e. The van der Waals surface area contributed by atoms with Crippen molar-refractivity contribution in [2.75, 3.05) is 45.8 Å². The van der Waals surface area contributed by atoms with Crippen molar-refractivity contribution < 1.29 is 19.2 Å². The van der Waals surface area contributed by atoms with Gasteiger partial charge in [0.1, 0.15) is 5.69 Å². The van der Waals surface area contributed by atoms with Crippen molar-refractivity contribution in [3.63, 3.8) is 0 Å². The Kier molecular flexibility index (Phi) is 7.13. The third-order valence-corrected chi connectivity index (χ3v) is 2.69. The molecule has 1 aromatic carbocycles. The number of hydrogen-bond donors (Lipinski definition) is 2. The lowest BCUT2D eigenvalue weighted by atomic mass is 10.1. The SMILES string of the molecule is CNc1ccc(C(=O)NCCOCCOC)cc1[N+](=O)[O-]. The van der Waals surface area contributed by atoms with Gasteiger partial charge in [0.2, 0.25) is 0 Å². The van der Waals surface area contributed by atoms with E-state index in [1.807, 2.05) is 0 Å². The zero-order chi connectivity index (χ0) is 15.7. The van der Waals surface area contributed by atoms with E-state index in [1.165, 1.54) is 18.2 Å². The van der Waals surface area contributed by atoms with Crippen LogP contribution >= 0.6 is 0 Å². The number of nitro benzene ring substituents is 1. The van der Waals surface area contributed by atoms with E-state index in [1.54, 1.807) is 14.2 Å². The van der Waals surface area contributed by atoms with Crippen LogP contribution in [0.4, 0.5) is 11.4 Å². The van der Waals surface area contributed by atoms with E-state index in [0.29, 0.717) is 32.1 Å². The monoisotopic (exact) mass is 297 g/mol. The van der Waals surface area contributed by atoms with E-state index in [0.717, 1.165) is 0 Å². The van der Waals surface area contributed by atoms with Crippen LogP contribution in [-0.2, 0) is 9.47 Å². The van der Waals surface area contributed by atoms with Crippen LogP contribution in [0.15, 0.2) is 18.2 Å². The molecule has 0 unspecified atom stereocenters. The van der Waals surface area contributed by atoms with Gasteiger partial charge in [0.15, 0.2) is 0 Å². The lowest BCUT2D eigenvalue weighted by molar-refractivity contribution is -0.384. The molecule has 0 bridgehead atoms. The molecule has 0 atom stereocenters. The molecule has 0 fully saturated rings. The van der Waals surface area contributed by atoms with Gasteiger partial charge in [-0.1, -0.05) is 0 Å². The van der Waals surface area contributed by atoms with E-state index in [2.05, 4.69) is 10.6 Å². The Labute approximate surface area is 122 Å². The van der Waals surface area contributed by atoms with Gasteiger partial charge in [0, 0.05) is 32.3 Å². The van der Waals surface area contributed by atoms with Crippen molar-refractivity contribution in [3.05, 3.63) is 33.9 Å². The van der Waals surface area contributed by atoms with Crippen molar-refractivity contribution in [2.24, 2.45) is 0 Å². The number of benzene rings is 1. The summed E-state index contributed by atoms with van der Waals surface area (Å²) in [5.74, 6) is -0.379. The quantitative estimate of drug-likeness (QED) is 0.401. The molecule has 0 aromatic heterocycles. The summed E-state index contributed by atoms with van der Waals surface area (Å²) >= 11 is 0. The number of carbonyl (C=O) groups excluding carboxylic acids is 1. The zero-order valence-electron chi connectivity index (χ0n) is 12.0. The Hall–Kier alpha value is -2.19. The van der Waals surface area contributed by atoms with Crippen LogP contribution in [0.1, 0.15) is 10.4 Å². The number of nitrogens with zero attached hydrogens (tertiary/aromatic N) is 1. The highest BCUT2D eigenvalue weighted by Crippen LogP contribution is 2.24. The van der Waals surface area contributed by atoms with E-state index in [-0.39, 0.29) is 17.2 Å². The molecular formula is C13H19N3O5. The highest BCUT2D eigenvalue weighted by Gasteiger charge is 2.16. The summed E-state index contributed by atoms with van der Waals surface area (Å²) in [6.45, 7) is 1.62. The van der Waals surface area contributed by atoms with Gasteiger partial charge < -0.3 is 20.1 Å². The van der Waals surface area contributed by atoms with Gasteiger partial charge in [-0.05, 0) is 12.1 Å². The lowest BCUT2D eigenvalue weighted by Gasteiger charge is -2.07. The molecular weight excluding hydrogens is 278 g/mol. The molecule has 2 N–H and O–H groups in total. The minimum atomic E-state index is -0.531. The van der Waals surface area contributed by atoms with E-state index in [9.17, 15) is 14.9 Å². The fourth-order valence-corrected chi connectivity index (χ4v) is 1.62. The number of rotatable bonds is 9. The summed E-state index contributed by atoms with van der Waals surface area (Å²) in [6, 6.07) is 4.27. The van der Waals surface area contributed by atoms with Gasteiger partial charge in [-0.15, -0.1) is 0 Å². The van der Waals surface area contributed by atoms with Gasteiger partial charge in [-0.3, -0.25) is 14.9 Å². The van der Waals surface area contributed by atoms with Crippen LogP contribution < -0.4 is 10.6 Å². The van der Waals surface area contributed by atoms with E-state index < -0.39 is 4.92 Å². The van der Waals surface area contributed by atoms with Crippen molar-refractivity contribution in [1.82, 2.24) is 5.32 Å². The number of ether oxygens (including phenoxy) is 2. The Balaban J connectivity index is 2.54. The number of methoxy groups -OCH3 is 1. The largest absolute Gasteiger partial charge is 0.383 e. The van der Waals surface area contributed by atoms with Gasteiger partial charge in [0.25, 0.3) is 11.6 Å². The topological polar surface area (TPSA) is 103 Å². The summed E-state index contributed by atoms with van der Waals surface area (Å²) in [4.78, 5) is 22.3. The number of anilines is 1. The van der Waals surface area contributed by atoms with Crippen LogP contribution in [0.2, 0.25) is 0 Å². The summed E-state index contributed by atoms with van der Waals surface area (Å²) in [6.07, 6.45) is 0. The molecule has 0 spiro atoms. The molecule has 0 saturated heterocycles. The second-order valence-corrected chi connectivity index (χ2v) is 4.10. The molecule has 116 valence electrons. The standard InChI is InChI=1S/C13H19N3O5/c1-14-11-4-3-10(9-12(11)16(18)19)13(17)15-5-6-21-8-7-20-2/h3-4,9,14H,5-8H2,1-2H3,(H,15,17). The average Bonchev–Trinajstić information content (AvgIpc) is 2.49.